The fourth-order valence-corrected chi connectivity index (χ4v) is 5.25. The Balaban J connectivity index is 1.64. The molecule has 3 amide bonds. The van der Waals surface area contributed by atoms with E-state index >= 15 is 0 Å². The van der Waals surface area contributed by atoms with Crippen LogP contribution in [0.2, 0.25) is 0 Å². The van der Waals surface area contributed by atoms with Crippen molar-refractivity contribution < 1.29 is 14.4 Å². The van der Waals surface area contributed by atoms with Gasteiger partial charge in [-0.1, -0.05) is 39.0 Å². The number of amides is 3. The average molecular weight is 432 g/mol. The van der Waals surface area contributed by atoms with E-state index in [4.69, 9.17) is 0 Å². The molecule has 2 aliphatic heterocycles. The second-order valence-electron chi connectivity index (χ2n) is 8.66. The molecule has 1 atom stereocenters. The number of hydrogen-bond donors (Lipinski definition) is 1. The Morgan fingerprint density at radius 3 is 2.47 bits per heavy atom. The van der Waals surface area contributed by atoms with Crippen LogP contribution in [-0.2, 0) is 14.4 Å². The van der Waals surface area contributed by atoms with E-state index in [1.807, 2.05) is 47.1 Å². The summed E-state index contributed by atoms with van der Waals surface area (Å²) in [7, 11) is 0. The number of thioether (sulfide) groups is 1. The number of benzene rings is 1. The summed E-state index contributed by atoms with van der Waals surface area (Å²) < 4.78 is 0. The third-order valence-corrected chi connectivity index (χ3v) is 7.01. The van der Waals surface area contributed by atoms with Crippen molar-refractivity contribution in [2.45, 2.75) is 62.9 Å². The fraction of sp³-hybridized carbons (Fsp3) is 0.609. The topological polar surface area (TPSA) is 69.7 Å². The van der Waals surface area contributed by atoms with E-state index in [2.05, 4.69) is 19.2 Å². The number of rotatable bonds is 7. The molecule has 2 aliphatic rings. The molecule has 0 aromatic heterocycles. The second kappa shape index (κ2) is 9.86. The van der Waals surface area contributed by atoms with Crippen molar-refractivity contribution in [3.63, 3.8) is 0 Å². The molecule has 0 radical (unpaired) electrons. The molecule has 0 saturated carbocycles. The van der Waals surface area contributed by atoms with Gasteiger partial charge in [0, 0.05) is 24.5 Å². The molecule has 3 rings (SSSR count). The zero-order valence-corrected chi connectivity index (χ0v) is 19.0. The first-order valence-corrected chi connectivity index (χ1v) is 11.9. The van der Waals surface area contributed by atoms with E-state index < -0.39 is 11.6 Å². The molecule has 2 heterocycles. The highest BCUT2D eigenvalue weighted by atomic mass is 32.2. The molecule has 6 nitrogen and oxygen atoms in total. The van der Waals surface area contributed by atoms with Gasteiger partial charge in [-0.05, 0) is 43.7 Å². The summed E-state index contributed by atoms with van der Waals surface area (Å²) in [6.07, 6.45) is 2.47. The van der Waals surface area contributed by atoms with Crippen molar-refractivity contribution in [1.82, 2.24) is 15.1 Å². The molecule has 1 aromatic carbocycles. The maximum Gasteiger partial charge on any atom is 0.246 e. The molecule has 0 aliphatic carbocycles. The van der Waals surface area contributed by atoms with Gasteiger partial charge in [0.05, 0.1) is 5.75 Å². The smallest absolute Gasteiger partial charge is 0.246 e. The highest BCUT2D eigenvalue weighted by molar-refractivity contribution is 8.00. The van der Waals surface area contributed by atoms with E-state index in [0.29, 0.717) is 50.6 Å². The van der Waals surface area contributed by atoms with Crippen LogP contribution in [0.1, 0.15) is 46.5 Å². The van der Waals surface area contributed by atoms with E-state index in [0.717, 1.165) is 11.3 Å². The standard InChI is InChI=1S/C23H33N3O3S/c1-4-12-26-21(28)19(15-17(2)3)24-22(29)23(26)10-13-25(14-11-23)20(27)16-30-18-8-6-5-7-9-18/h5-9,17,19H,4,10-16H2,1-3H3,(H,24,29). The maximum absolute atomic E-state index is 13.2. The Kier molecular flexibility index (Phi) is 7.45. The van der Waals surface area contributed by atoms with Crippen molar-refractivity contribution in [2.24, 2.45) is 5.92 Å². The van der Waals surface area contributed by atoms with Crippen LogP contribution in [0.4, 0.5) is 0 Å². The van der Waals surface area contributed by atoms with Crippen LogP contribution in [-0.4, -0.2) is 64.5 Å². The third-order valence-electron chi connectivity index (χ3n) is 6.01. The van der Waals surface area contributed by atoms with Crippen LogP contribution in [0.15, 0.2) is 35.2 Å². The quantitative estimate of drug-likeness (QED) is 0.674. The summed E-state index contributed by atoms with van der Waals surface area (Å²) in [5.74, 6) is 0.785. The first-order valence-electron chi connectivity index (χ1n) is 11.0. The molecule has 164 valence electrons. The van der Waals surface area contributed by atoms with Gasteiger partial charge in [-0.25, -0.2) is 0 Å². The highest BCUT2D eigenvalue weighted by Gasteiger charge is 2.53. The van der Waals surface area contributed by atoms with Gasteiger partial charge in [0.15, 0.2) is 0 Å². The van der Waals surface area contributed by atoms with Gasteiger partial charge in [-0.2, -0.15) is 0 Å². The fourth-order valence-electron chi connectivity index (χ4n) is 4.43. The molecule has 30 heavy (non-hydrogen) atoms. The van der Waals surface area contributed by atoms with E-state index in [1.165, 1.54) is 11.8 Å². The predicted octanol–water partition coefficient (Wildman–Crippen LogP) is 2.92. The molecule has 0 bridgehead atoms. The largest absolute Gasteiger partial charge is 0.342 e. The molecule has 1 N–H and O–H groups in total. The molecule has 7 heteroatoms. The van der Waals surface area contributed by atoms with Gasteiger partial charge in [-0.3, -0.25) is 14.4 Å². The average Bonchev–Trinajstić information content (AvgIpc) is 2.74. The van der Waals surface area contributed by atoms with Crippen LogP contribution >= 0.6 is 11.8 Å². The van der Waals surface area contributed by atoms with Gasteiger partial charge >= 0.3 is 0 Å². The summed E-state index contributed by atoms with van der Waals surface area (Å²) in [5, 5.41) is 3.00. The SMILES string of the molecule is CCCN1C(=O)C(CC(C)C)NC(=O)C12CCN(C(=O)CSc1ccccc1)CC2. The normalized spacial score (nSPS) is 21.3. The van der Waals surface area contributed by atoms with Gasteiger partial charge in [0.1, 0.15) is 11.6 Å². The van der Waals surface area contributed by atoms with Crippen LogP contribution in [0, 0.1) is 5.92 Å². The highest BCUT2D eigenvalue weighted by Crippen LogP contribution is 2.34. The predicted molar refractivity (Wildman–Crippen MR) is 119 cm³/mol. The Bertz CT molecular complexity index is 760. The number of nitrogens with zero attached hydrogens (tertiary/aromatic N) is 2. The number of piperazine rings is 1. The van der Waals surface area contributed by atoms with Crippen molar-refractivity contribution in [2.75, 3.05) is 25.4 Å². The lowest BCUT2D eigenvalue weighted by Gasteiger charge is -2.51. The lowest BCUT2D eigenvalue weighted by Crippen LogP contribution is -2.73. The van der Waals surface area contributed by atoms with Gasteiger partial charge < -0.3 is 15.1 Å². The van der Waals surface area contributed by atoms with Crippen molar-refractivity contribution in [1.29, 1.82) is 0 Å². The molecular weight excluding hydrogens is 398 g/mol. The summed E-state index contributed by atoms with van der Waals surface area (Å²) >= 11 is 1.53. The van der Waals surface area contributed by atoms with Crippen molar-refractivity contribution >= 4 is 29.5 Å². The lowest BCUT2D eigenvalue weighted by molar-refractivity contribution is -0.162. The zero-order valence-electron chi connectivity index (χ0n) is 18.2. The zero-order chi connectivity index (χ0) is 21.7. The summed E-state index contributed by atoms with van der Waals surface area (Å²) in [6, 6.07) is 9.45. The molecule has 2 fully saturated rings. The maximum atomic E-state index is 13.2. The van der Waals surface area contributed by atoms with Crippen LogP contribution in [0.5, 0.6) is 0 Å². The van der Waals surface area contributed by atoms with Crippen LogP contribution in [0.25, 0.3) is 0 Å². The molecular formula is C23H33N3O3S. The monoisotopic (exact) mass is 431 g/mol. The van der Waals surface area contributed by atoms with Gasteiger partial charge in [-0.15, -0.1) is 11.8 Å². The van der Waals surface area contributed by atoms with Crippen LogP contribution in [0.3, 0.4) is 0 Å². The number of carbonyl (C=O) groups is 3. The number of carbonyl (C=O) groups excluding carboxylic acids is 3. The van der Waals surface area contributed by atoms with Gasteiger partial charge in [0.2, 0.25) is 17.7 Å². The molecule has 1 unspecified atom stereocenters. The summed E-state index contributed by atoms with van der Waals surface area (Å²) in [5.41, 5.74) is -0.816. The number of likely N-dealkylation sites (tertiary alicyclic amines) is 1. The van der Waals surface area contributed by atoms with Gasteiger partial charge in [0.25, 0.3) is 0 Å². The Morgan fingerprint density at radius 1 is 1.20 bits per heavy atom. The van der Waals surface area contributed by atoms with E-state index in [-0.39, 0.29) is 17.7 Å². The first kappa shape index (κ1) is 22.7. The number of nitrogens with one attached hydrogen (secondary N) is 1. The van der Waals surface area contributed by atoms with Crippen LogP contribution < -0.4 is 5.32 Å². The number of piperidine rings is 1. The molecule has 1 aromatic rings. The Morgan fingerprint density at radius 2 is 1.87 bits per heavy atom. The van der Waals surface area contributed by atoms with E-state index in [1.54, 1.807) is 0 Å². The minimum Gasteiger partial charge on any atom is -0.342 e. The first-order chi connectivity index (χ1) is 14.4. The second-order valence-corrected chi connectivity index (χ2v) is 9.71. The molecule has 1 spiro atoms. The molecule has 2 saturated heterocycles. The van der Waals surface area contributed by atoms with Crippen molar-refractivity contribution in [3.8, 4) is 0 Å². The minimum atomic E-state index is -0.816. The Labute approximate surface area is 183 Å². The van der Waals surface area contributed by atoms with Crippen molar-refractivity contribution in [3.05, 3.63) is 30.3 Å². The lowest BCUT2D eigenvalue weighted by atomic mass is 9.81. The van der Waals surface area contributed by atoms with E-state index in [9.17, 15) is 14.4 Å². The third kappa shape index (κ3) is 4.82. The Hall–Kier alpha value is -2.02. The summed E-state index contributed by atoms with van der Waals surface area (Å²) in [6.45, 7) is 7.74. The minimum absolute atomic E-state index is 0.0320. The number of hydrogen-bond acceptors (Lipinski definition) is 4. The summed E-state index contributed by atoms with van der Waals surface area (Å²) in [4.78, 5) is 43.8.